The molecule has 0 bridgehead atoms. The summed E-state index contributed by atoms with van der Waals surface area (Å²) >= 11 is 0. The number of carboxylic acid groups (broad SMARTS) is 1. The van der Waals surface area contributed by atoms with E-state index in [4.69, 9.17) is 4.98 Å². The topological polar surface area (TPSA) is 109 Å². The van der Waals surface area contributed by atoms with Crippen LogP contribution in [-0.4, -0.2) is 42.9 Å². The SMILES string of the molecule is Cc1cc(-c2nc3cc(CN[C@H](C(=O)O)C(C)C)ccc3n2[C@H](C)CO)cn(C)c1=O. The number of hydrogen-bond acceptors (Lipinski definition) is 5. The van der Waals surface area contributed by atoms with Crippen molar-refractivity contribution in [2.24, 2.45) is 13.0 Å². The van der Waals surface area contributed by atoms with Crippen molar-refractivity contribution in [1.82, 2.24) is 19.4 Å². The van der Waals surface area contributed by atoms with Gasteiger partial charge in [0.25, 0.3) is 5.56 Å². The number of aliphatic hydroxyl groups excluding tert-OH is 1. The van der Waals surface area contributed by atoms with Crippen LogP contribution in [0.4, 0.5) is 0 Å². The zero-order valence-corrected chi connectivity index (χ0v) is 18.6. The fourth-order valence-corrected chi connectivity index (χ4v) is 3.82. The Morgan fingerprint density at radius 1 is 1.23 bits per heavy atom. The average molecular weight is 427 g/mol. The van der Waals surface area contributed by atoms with Crippen molar-refractivity contribution >= 4 is 17.0 Å². The molecule has 8 nitrogen and oxygen atoms in total. The molecule has 1 aromatic carbocycles. The summed E-state index contributed by atoms with van der Waals surface area (Å²) in [4.78, 5) is 28.4. The highest BCUT2D eigenvalue weighted by molar-refractivity contribution is 5.81. The highest BCUT2D eigenvalue weighted by atomic mass is 16.4. The molecule has 0 saturated heterocycles. The number of rotatable bonds is 8. The van der Waals surface area contributed by atoms with Crippen LogP contribution in [-0.2, 0) is 18.4 Å². The van der Waals surface area contributed by atoms with Crippen molar-refractivity contribution in [2.45, 2.75) is 46.3 Å². The minimum atomic E-state index is -0.871. The predicted octanol–water partition coefficient (Wildman–Crippen LogP) is 2.46. The molecule has 0 amide bonds. The van der Waals surface area contributed by atoms with Gasteiger partial charge < -0.3 is 24.7 Å². The number of fused-ring (bicyclic) bond motifs is 1. The average Bonchev–Trinajstić information content (AvgIpc) is 3.09. The molecular weight excluding hydrogens is 396 g/mol. The number of nitrogens with zero attached hydrogens (tertiary/aromatic N) is 3. The number of imidazole rings is 1. The van der Waals surface area contributed by atoms with Gasteiger partial charge in [-0.15, -0.1) is 0 Å². The van der Waals surface area contributed by atoms with Crippen LogP contribution in [0.1, 0.15) is 37.9 Å². The first-order chi connectivity index (χ1) is 14.6. The molecule has 0 aliphatic heterocycles. The Kier molecular flexibility index (Phi) is 6.62. The lowest BCUT2D eigenvalue weighted by molar-refractivity contribution is -0.140. The second-order valence-corrected chi connectivity index (χ2v) is 8.43. The molecular formula is C23H30N4O4. The molecule has 3 aromatic rings. The lowest BCUT2D eigenvalue weighted by Crippen LogP contribution is -2.40. The standard InChI is InChI=1S/C23H30N4O4/c1-13(2)20(23(30)31)24-10-16-6-7-19-18(9-16)25-21(27(19)15(4)12-28)17-8-14(3)22(29)26(5)11-17/h6-9,11,13,15,20,24,28H,10,12H2,1-5H3,(H,30,31)/t15-,20+/m1/s1. The molecule has 0 saturated carbocycles. The Bertz CT molecular complexity index is 1140. The minimum Gasteiger partial charge on any atom is -0.480 e. The van der Waals surface area contributed by atoms with Crippen molar-refractivity contribution in [3.05, 3.63) is 51.9 Å². The van der Waals surface area contributed by atoms with Crippen LogP contribution < -0.4 is 10.9 Å². The summed E-state index contributed by atoms with van der Waals surface area (Å²) in [6.07, 6.45) is 1.75. The molecule has 0 aliphatic carbocycles. The molecule has 31 heavy (non-hydrogen) atoms. The van der Waals surface area contributed by atoms with E-state index in [1.54, 1.807) is 20.2 Å². The molecule has 0 aliphatic rings. The van der Waals surface area contributed by atoms with Crippen LogP contribution in [0.5, 0.6) is 0 Å². The second-order valence-electron chi connectivity index (χ2n) is 8.43. The highest BCUT2D eigenvalue weighted by Crippen LogP contribution is 2.29. The Morgan fingerprint density at radius 3 is 2.52 bits per heavy atom. The van der Waals surface area contributed by atoms with Gasteiger partial charge in [0, 0.05) is 30.9 Å². The maximum atomic E-state index is 12.1. The normalized spacial score (nSPS) is 13.6. The van der Waals surface area contributed by atoms with Crippen molar-refractivity contribution in [3.63, 3.8) is 0 Å². The molecule has 0 radical (unpaired) electrons. The van der Waals surface area contributed by atoms with Gasteiger partial charge in [0.05, 0.1) is 23.7 Å². The van der Waals surface area contributed by atoms with Gasteiger partial charge in [0.15, 0.2) is 0 Å². The van der Waals surface area contributed by atoms with Gasteiger partial charge in [-0.2, -0.15) is 0 Å². The van der Waals surface area contributed by atoms with Gasteiger partial charge >= 0.3 is 5.97 Å². The highest BCUT2D eigenvalue weighted by Gasteiger charge is 2.21. The van der Waals surface area contributed by atoms with E-state index in [1.807, 2.05) is 49.6 Å². The molecule has 2 aromatic heterocycles. The number of nitrogens with one attached hydrogen (secondary N) is 1. The summed E-state index contributed by atoms with van der Waals surface area (Å²) in [7, 11) is 1.71. The zero-order valence-electron chi connectivity index (χ0n) is 18.6. The van der Waals surface area contributed by atoms with Gasteiger partial charge in [-0.05, 0) is 43.5 Å². The molecule has 3 N–H and O–H groups in total. The summed E-state index contributed by atoms with van der Waals surface area (Å²) in [5.74, 6) is -0.235. The van der Waals surface area contributed by atoms with Crippen LogP contribution >= 0.6 is 0 Å². The number of aryl methyl sites for hydroxylation is 2. The molecule has 0 unspecified atom stereocenters. The molecule has 0 fully saturated rings. The number of aliphatic carboxylic acids is 1. The minimum absolute atomic E-state index is 0.0367. The molecule has 166 valence electrons. The number of aliphatic hydroxyl groups is 1. The summed E-state index contributed by atoms with van der Waals surface area (Å²) in [5.41, 5.74) is 3.88. The van der Waals surface area contributed by atoms with E-state index in [0.29, 0.717) is 17.9 Å². The van der Waals surface area contributed by atoms with E-state index in [9.17, 15) is 19.8 Å². The number of benzene rings is 1. The summed E-state index contributed by atoms with van der Waals surface area (Å²) in [6, 6.07) is 6.78. The van der Waals surface area contributed by atoms with E-state index >= 15 is 0 Å². The third kappa shape index (κ3) is 4.55. The Balaban J connectivity index is 2.06. The number of carboxylic acids is 1. The van der Waals surface area contributed by atoms with E-state index < -0.39 is 12.0 Å². The first-order valence-electron chi connectivity index (χ1n) is 10.4. The lowest BCUT2D eigenvalue weighted by Gasteiger charge is -2.18. The van der Waals surface area contributed by atoms with Gasteiger partial charge in [-0.1, -0.05) is 19.9 Å². The van der Waals surface area contributed by atoms with E-state index in [2.05, 4.69) is 5.32 Å². The van der Waals surface area contributed by atoms with Crippen molar-refractivity contribution in [3.8, 4) is 11.4 Å². The van der Waals surface area contributed by atoms with E-state index in [0.717, 1.165) is 22.2 Å². The third-order valence-electron chi connectivity index (χ3n) is 5.54. The van der Waals surface area contributed by atoms with Crippen molar-refractivity contribution < 1.29 is 15.0 Å². The van der Waals surface area contributed by atoms with Crippen molar-refractivity contribution in [2.75, 3.05) is 6.61 Å². The number of carbonyl (C=O) groups is 1. The fraction of sp³-hybridized carbons (Fsp3) is 0.435. The van der Waals surface area contributed by atoms with E-state index in [1.165, 1.54) is 4.57 Å². The Labute approximate surface area is 181 Å². The first-order valence-corrected chi connectivity index (χ1v) is 10.4. The van der Waals surface area contributed by atoms with Crippen LogP contribution in [0, 0.1) is 12.8 Å². The molecule has 8 heteroatoms. The van der Waals surface area contributed by atoms with Gasteiger partial charge in [0.1, 0.15) is 11.9 Å². The fourth-order valence-electron chi connectivity index (χ4n) is 3.82. The Morgan fingerprint density at radius 2 is 1.94 bits per heavy atom. The molecule has 0 spiro atoms. The van der Waals surface area contributed by atoms with Crippen LogP contribution in [0.15, 0.2) is 35.3 Å². The maximum absolute atomic E-state index is 12.1. The maximum Gasteiger partial charge on any atom is 0.320 e. The lowest BCUT2D eigenvalue weighted by atomic mass is 10.0. The number of hydrogen-bond donors (Lipinski definition) is 3. The third-order valence-corrected chi connectivity index (χ3v) is 5.54. The monoisotopic (exact) mass is 426 g/mol. The Hall–Kier alpha value is -2.97. The number of aromatic nitrogens is 3. The summed E-state index contributed by atoms with van der Waals surface area (Å²) < 4.78 is 3.51. The largest absolute Gasteiger partial charge is 0.480 e. The molecule has 2 heterocycles. The van der Waals surface area contributed by atoms with Crippen molar-refractivity contribution in [1.29, 1.82) is 0 Å². The van der Waals surface area contributed by atoms with Crippen LogP contribution in [0.25, 0.3) is 22.4 Å². The first kappa shape index (κ1) is 22.7. The molecule has 2 atom stereocenters. The predicted molar refractivity (Wildman–Crippen MR) is 120 cm³/mol. The smallest absolute Gasteiger partial charge is 0.320 e. The number of pyridine rings is 1. The van der Waals surface area contributed by atoms with E-state index in [-0.39, 0.29) is 24.1 Å². The van der Waals surface area contributed by atoms with Gasteiger partial charge in [-0.25, -0.2) is 4.98 Å². The second kappa shape index (κ2) is 9.03. The molecule has 3 rings (SSSR count). The quantitative estimate of drug-likeness (QED) is 0.511. The summed E-state index contributed by atoms with van der Waals surface area (Å²) in [5, 5.41) is 22.3. The van der Waals surface area contributed by atoms with Gasteiger partial charge in [-0.3, -0.25) is 9.59 Å². The van der Waals surface area contributed by atoms with Crippen LogP contribution in [0.3, 0.4) is 0 Å². The summed E-state index contributed by atoms with van der Waals surface area (Å²) in [6.45, 7) is 7.77. The van der Waals surface area contributed by atoms with Crippen LogP contribution in [0.2, 0.25) is 0 Å². The zero-order chi connectivity index (χ0) is 22.9. The van der Waals surface area contributed by atoms with Gasteiger partial charge in [0.2, 0.25) is 0 Å².